The molecule has 2 heterocycles. The Hall–Kier alpha value is -3.42. The number of nitrogens with zero attached hydrogens (tertiary/aromatic N) is 3. The molecule has 4 rings (SSSR count). The molecule has 0 aliphatic carbocycles. The van der Waals surface area contributed by atoms with Crippen LogP contribution in [0.2, 0.25) is 0 Å². The molecule has 0 radical (unpaired) electrons. The number of aromatic nitrogens is 3. The molecule has 0 amide bonds. The zero-order valence-electron chi connectivity index (χ0n) is 14.5. The summed E-state index contributed by atoms with van der Waals surface area (Å²) in [5, 5.41) is 3.90. The van der Waals surface area contributed by atoms with Crippen molar-refractivity contribution in [2.45, 2.75) is 6.18 Å². The molecule has 0 atom stereocenters. The summed E-state index contributed by atoms with van der Waals surface area (Å²) >= 11 is 0. The fourth-order valence-corrected chi connectivity index (χ4v) is 2.91. The zero-order valence-corrected chi connectivity index (χ0v) is 14.5. The van der Waals surface area contributed by atoms with Crippen molar-refractivity contribution in [1.29, 1.82) is 0 Å². The number of ether oxygens (including phenoxy) is 1. The lowest BCUT2D eigenvalue weighted by Gasteiger charge is -2.12. The van der Waals surface area contributed by atoms with E-state index in [1.54, 1.807) is 24.3 Å². The molecule has 0 spiro atoms. The number of methoxy groups -OCH3 is 1. The van der Waals surface area contributed by atoms with E-state index < -0.39 is 17.7 Å². The molecule has 0 aliphatic rings. The fourth-order valence-electron chi connectivity index (χ4n) is 2.91. The van der Waals surface area contributed by atoms with Crippen molar-refractivity contribution in [3.63, 3.8) is 0 Å². The zero-order chi connectivity index (χ0) is 19.9. The lowest BCUT2D eigenvalue weighted by atomic mass is 10.1. The highest BCUT2D eigenvalue weighted by molar-refractivity contribution is 5.79. The van der Waals surface area contributed by atoms with Gasteiger partial charge in [0.1, 0.15) is 11.6 Å². The maximum atomic E-state index is 13.6. The highest BCUT2D eigenvalue weighted by Crippen LogP contribution is 2.35. The topological polar surface area (TPSA) is 39.4 Å². The van der Waals surface area contributed by atoms with E-state index in [9.17, 15) is 17.6 Å². The molecule has 4 aromatic rings. The standard InChI is InChI=1S/C20H13F4N3O/c1-28-15-8-4-12(5-9-15)16-11-25-27-18(20(22,23)24)10-17(26-19(16)27)13-2-6-14(21)7-3-13/h2-11H,1H3. The summed E-state index contributed by atoms with van der Waals surface area (Å²) in [6.45, 7) is 0. The van der Waals surface area contributed by atoms with E-state index in [-0.39, 0.29) is 11.3 Å². The van der Waals surface area contributed by atoms with Crippen LogP contribution in [0.1, 0.15) is 5.69 Å². The van der Waals surface area contributed by atoms with Crippen molar-refractivity contribution >= 4 is 5.65 Å². The van der Waals surface area contributed by atoms with Crippen molar-refractivity contribution in [3.05, 3.63) is 72.3 Å². The Morgan fingerprint density at radius 1 is 0.929 bits per heavy atom. The van der Waals surface area contributed by atoms with Gasteiger partial charge >= 0.3 is 6.18 Å². The quantitative estimate of drug-likeness (QED) is 0.452. The van der Waals surface area contributed by atoms with Crippen LogP contribution in [0.3, 0.4) is 0 Å². The van der Waals surface area contributed by atoms with Gasteiger partial charge in [0.05, 0.1) is 19.0 Å². The summed E-state index contributed by atoms with van der Waals surface area (Å²) in [5.74, 6) is 0.139. The minimum absolute atomic E-state index is 0.0549. The Morgan fingerprint density at radius 2 is 1.57 bits per heavy atom. The molecule has 2 aromatic heterocycles. The number of fused-ring (bicyclic) bond motifs is 1. The fraction of sp³-hybridized carbons (Fsp3) is 0.100. The van der Waals surface area contributed by atoms with Gasteiger partial charge in [0.15, 0.2) is 11.3 Å². The summed E-state index contributed by atoms with van der Waals surface area (Å²) in [5.41, 5.74) is 0.632. The molecule has 2 aromatic carbocycles. The molecule has 8 heteroatoms. The largest absolute Gasteiger partial charge is 0.497 e. The van der Waals surface area contributed by atoms with Gasteiger partial charge in [0.25, 0.3) is 0 Å². The third-order valence-corrected chi connectivity index (χ3v) is 4.30. The van der Waals surface area contributed by atoms with E-state index in [0.717, 1.165) is 10.6 Å². The van der Waals surface area contributed by atoms with Crippen molar-refractivity contribution in [1.82, 2.24) is 14.6 Å². The first-order valence-corrected chi connectivity index (χ1v) is 8.23. The minimum Gasteiger partial charge on any atom is -0.497 e. The molecule has 4 nitrogen and oxygen atoms in total. The van der Waals surface area contributed by atoms with E-state index in [2.05, 4.69) is 10.1 Å². The van der Waals surface area contributed by atoms with Crippen LogP contribution in [-0.2, 0) is 6.18 Å². The van der Waals surface area contributed by atoms with Crippen LogP contribution in [0.5, 0.6) is 5.75 Å². The summed E-state index contributed by atoms with van der Waals surface area (Å²) < 4.78 is 59.9. The Bertz CT molecular complexity index is 1130. The van der Waals surface area contributed by atoms with E-state index in [4.69, 9.17) is 4.74 Å². The van der Waals surface area contributed by atoms with Gasteiger partial charge in [-0.05, 0) is 48.0 Å². The van der Waals surface area contributed by atoms with Gasteiger partial charge in [-0.1, -0.05) is 12.1 Å². The number of hydrogen-bond donors (Lipinski definition) is 0. The second kappa shape index (κ2) is 6.63. The van der Waals surface area contributed by atoms with Gasteiger partial charge in [-0.15, -0.1) is 0 Å². The van der Waals surface area contributed by atoms with Crippen LogP contribution >= 0.6 is 0 Å². The Labute approximate surface area is 157 Å². The van der Waals surface area contributed by atoms with Crippen molar-refractivity contribution in [2.24, 2.45) is 0 Å². The first-order valence-electron chi connectivity index (χ1n) is 8.23. The SMILES string of the molecule is COc1ccc(-c2cnn3c(C(F)(F)F)cc(-c4ccc(F)cc4)nc23)cc1. The minimum atomic E-state index is -4.64. The van der Waals surface area contributed by atoms with Gasteiger partial charge in [-0.25, -0.2) is 13.9 Å². The molecule has 0 bridgehead atoms. The molecule has 0 aliphatic heterocycles. The van der Waals surface area contributed by atoms with Gasteiger partial charge < -0.3 is 4.74 Å². The predicted octanol–water partition coefficient (Wildman–Crippen LogP) is 5.23. The van der Waals surface area contributed by atoms with E-state index >= 15 is 0 Å². The van der Waals surface area contributed by atoms with Gasteiger partial charge in [0, 0.05) is 11.1 Å². The van der Waals surface area contributed by atoms with E-state index in [1.165, 1.54) is 37.6 Å². The molecule has 142 valence electrons. The van der Waals surface area contributed by atoms with Crippen molar-refractivity contribution in [3.8, 4) is 28.1 Å². The summed E-state index contributed by atoms with van der Waals surface area (Å²) in [6, 6.07) is 12.9. The van der Waals surface area contributed by atoms with Crippen LogP contribution in [0, 0.1) is 5.82 Å². The van der Waals surface area contributed by atoms with E-state index in [0.29, 0.717) is 22.4 Å². The van der Waals surface area contributed by atoms with Crippen LogP contribution in [0.4, 0.5) is 17.6 Å². The molecule has 0 fully saturated rings. The molecule has 0 N–H and O–H groups in total. The second-order valence-electron chi connectivity index (χ2n) is 6.05. The smallest absolute Gasteiger partial charge is 0.433 e. The van der Waals surface area contributed by atoms with Crippen LogP contribution in [-0.4, -0.2) is 21.7 Å². The number of alkyl halides is 3. The third-order valence-electron chi connectivity index (χ3n) is 4.30. The van der Waals surface area contributed by atoms with Gasteiger partial charge in [-0.3, -0.25) is 0 Å². The highest BCUT2D eigenvalue weighted by Gasteiger charge is 2.35. The van der Waals surface area contributed by atoms with Crippen LogP contribution in [0.25, 0.3) is 28.0 Å². The molecule has 28 heavy (non-hydrogen) atoms. The summed E-state index contributed by atoms with van der Waals surface area (Å²) in [4.78, 5) is 4.37. The average molecular weight is 387 g/mol. The Balaban J connectivity index is 1.95. The molecular weight excluding hydrogens is 374 g/mol. The Kier molecular flexibility index (Phi) is 4.26. The summed E-state index contributed by atoms with van der Waals surface area (Å²) in [6.07, 6.45) is -3.30. The lowest BCUT2D eigenvalue weighted by molar-refractivity contribution is -0.142. The number of hydrogen-bond acceptors (Lipinski definition) is 3. The molecule has 0 saturated heterocycles. The lowest BCUT2D eigenvalue weighted by Crippen LogP contribution is -2.13. The first kappa shape index (κ1) is 18.0. The third kappa shape index (κ3) is 3.17. The average Bonchev–Trinajstić information content (AvgIpc) is 3.11. The normalized spacial score (nSPS) is 11.8. The number of halogens is 4. The van der Waals surface area contributed by atoms with Gasteiger partial charge in [0.2, 0.25) is 0 Å². The van der Waals surface area contributed by atoms with E-state index in [1.807, 2.05) is 0 Å². The van der Waals surface area contributed by atoms with Crippen LogP contribution < -0.4 is 4.74 Å². The number of rotatable bonds is 3. The highest BCUT2D eigenvalue weighted by atomic mass is 19.4. The maximum absolute atomic E-state index is 13.6. The maximum Gasteiger partial charge on any atom is 0.433 e. The number of benzene rings is 2. The summed E-state index contributed by atoms with van der Waals surface area (Å²) in [7, 11) is 1.52. The molecular formula is C20H13F4N3O. The predicted molar refractivity (Wildman–Crippen MR) is 95.4 cm³/mol. The first-order chi connectivity index (χ1) is 13.4. The van der Waals surface area contributed by atoms with Crippen LogP contribution in [0.15, 0.2) is 60.8 Å². The molecule has 0 unspecified atom stereocenters. The van der Waals surface area contributed by atoms with Gasteiger partial charge in [-0.2, -0.15) is 18.3 Å². The second-order valence-corrected chi connectivity index (χ2v) is 6.05. The Morgan fingerprint density at radius 3 is 2.18 bits per heavy atom. The molecule has 0 saturated carbocycles. The monoisotopic (exact) mass is 387 g/mol. The van der Waals surface area contributed by atoms with Crippen molar-refractivity contribution < 1.29 is 22.3 Å². The van der Waals surface area contributed by atoms with Crippen molar-refractivity contribution in [2.75, 3.05) is 7.11 Å².